The number of pyridine rings is 1. The van der Waals surface area contributed by atoms with E-state index in [0.717, 1.165) is 16.4 Å². The van der Waals surface area contributed by atoms with E-state index in [0.29, 0.717) is 18.4 Å². The molecular formula is C13H17N3S. The van der Waals surface area contributed by atoms with Crippen molar-refractivity contribution in [2.75, 3.05) is 6.54 Å². The van der Waals surface area contributed by atoms with Gasteiger partial charge in [0.05, 0.1) is 11.4 Å². The van der Waals surface area contributed by atoms with Crippen LogP contribution >= 0.6 is 11.3 Å². The molecule has 0 saturated heterocycles. The lowest BCUT2D eigenvalue weighted by Gasteiger charge is -2.15. The van der Waals surface area contributed by atoms with Crippen LogP contribution in [0.4, 0.5) is 0 Å². The van der Waals surface area contributed by atoms with Crippen molar-refractivity contribution in [1.29, 1.82) is 0 Å². The highest BCUT2D eigenvalue weighted by molar-refractivity contribution is 7.13. The highest BCUT2D eigenvalue weighted by Gasteiger charge is 2.17. The standard InChI is InChI=1S/C13H17N3S/c1-9(2)10(7-14)12-8-17-13(16-12)11-5-3-4-6-15-11/h3-6,8-10H,7,14H2,1-2H3. The number of rotatable bonds is 4. The minimum absolute atomic E-state index is 0.337. The first-order chi connectivity index (χ1) is 8.22. The van der Waals surface area contributed by atoms with Crippen molar-refractivity contribution in [1.82, 2.24) is 9.97 Å². The fraction of sp³-hybridized carbons (Fsp3) is 0.385. The summed E-state index contributed by atoms with van der Waals surface area (Å²) in [6.07, 6.45) is 1.79. The van der Waals surface area contributed by atoms with E-state index in [2.05, 4.69) is 29.2 Å². The molecule has 0 amide bonds. The maximum atomic E-state index is 5.80. The molecule has 1 atom stereocenters. The lowest BCUT2D eigenvalue weighted by molar-refractivity contribution is 0.498. The molecule has 0 aliphatic rings. The van der Waals surface area contributed by atoms with Gasteiger partial charge in [-0.3, -0.25) is 4.98 Å². The quantitative estimate of drug-likeness (QED) is 0.903. The molecule has 0 aliphatic heterocycles. The summed E-state index contributed by atoms with van der Waals surface area (Å²) in [5.74, 6) is 0.849. The topological polar surface area (TPSA) is 51.8 Å². The predicted octanol–water partition coefficient (Wildman–Crippen LogP) is 2.90. The van der Waals surface area contributed by atoms with Crippen LogP contribution in [0.1, 0.15) is 25.5 Å². The van der Waals surface area contributed by atoms with Gasteiger partial charge in [0.15, 0.2) is 0 Å². The van der Waals surface area contributed by atoms with Crippen LogP contribution in [0.15, 0.2) is 29.8 Å². The lowest BCUT2D eigenvalue weighted by atomic mass is 9.93. The van der Waals surface area contributed by atoms with Crippen LogP contribution < -0.4 is 5.73 Å². The van der Waals surface area contributed by atoms with Crippen LogP contribution in [0, 0.1) is 5.92 Å². The predicted molar refractivity (Wildman–Crippen MR) is 72.0 cm³/mol. The molecule has 4 heteroatoms. The second kappa shape index (κ2) is 5.38. The van der Waals surface area contributed by atoms with Gasteiger partial charge >= 0.3 is 0 Å². The van der Waals surface area contributed by atoms with Crippen LogP contribution in [-0.2, 0) is 0 Å². The van der Waals surface area contributed by atoms with Crippen LogP contribution in [0.3, 0.4) is 0 Å². The fourth-order valence-electron chi connectivity index (χ4n) is 1.80. The zero-order chi connectivity index (χ0) is 12.3. The Kier molecular flexibility index (Phi) is 3.86. The van der Waals surface area contributed by atoms with Crippen molar-refractivity contribution in [3.63, 3.8) is 0 Å². The lowest BCUT2D eigenvalue weighted by Crippen LogP contribution is -2.18. The first-order valence-electron chi connectivity index (χ1n) is 5.79. The molecule has 0 aliphatic carbocycles. The van der Waals surface area contributed by atoms with E-state index in [1.54, 1.807) is 17.5 Å². The third-order valence-corrected chi connectivity index (χ3v) is 3.73. The Morgan fingerprint density at radius 3 is 2.76 bits per heavy atom. The molecule has 0 spiro atoms. The van der Waals surface area contributed by atoms with Crippen molar-refractivity contribution < 1.29 is 0 Å². The Labute approximate surface area is 106 Å². The Morgan fingerprint density at radius 1 is 1.35 bits per heavy atom. The monoisotopic (exact) mass is 247 g/mol. The fourth-order valence-corrected chi connectivity index (χ4v) is 2.66. The molecule has 2 aromatic rings. The zero-order valence-electron chi connectivity index (χ0n) is 10.1. The zero-order valence-corrected chi connectivity index (χ0v) is 10.9. The van der Waals surface area contributed by atoms with E-state index in [9.17, 15) is 0 Å². The molecule has 2 heterocycles. The smallest absolute Gasteiger partial charge is 0.142 e. The van der Waals surface area contributed by atoms with Crippen LogP contribution in [0.5, 0.6) is 0 Å². The van der Waals surface area contributed by atoms with E-state index in [4.69, 9.17) is 5.73 Å². The molecule has 17 heavy (non-hydrogen) atoms. The third-order valence-electron chi connectivity index (χ3n) is 2.84. The molecular weight excluding hydrogens is 230 g/mol. The van der Waals surface area contributed by atoms with Gasteiger partial charge in [-0.1, -0.05) is 19.9 Å². The molecule has 0 fully saturated rings. The van der Waals surface area contributed by atoms with Gasteiger partial charge in [0, 0.05) is 24.0 Å². The molecule has 90 valence electrons. The Hall–Kier alpha value is -1.26. The summed E-state index contributed by atoms with van der Waals surface area (Å²) in [6, 6.07) is 5.87. The molecule has 2 rings (SSSR count). The molecule has 0 saturated carbocycles. The summed E-state index contributed by atoms with van der Waals surface area (Å²) in [7, 11) is 0. The highest BCUT2D eigenvalue weighted by atomic mass is 32.1. The van der Waals surface area contributed by atoms with Crippen LogP contribution in [0.2, 0.25) is 0 Å². The number of hydrogen-bond acceptors (Lipinski definition) is 4. The van der Waals surface area contributed by atoms with E-state index in [1.165, 1.54) is 0 Å². The minimum Gasteiger partial charge on any atom is -0.330 e. The average molecular weight is 247 g/mol. The number of nitrogens with zero attached hydrogens (tertiary/aromatic N) is 2. The summed E-state index contributed by atoms with van der Waals surface area (Å²) in [4.78, 5) is 8.96. The van der Waals surface area contributed by atoms with Crippen molar-refractivity contribution >= 4 is 11.3 Å². The minimum atomic E-state index is 0.337. The largest absolute Gasteiger partial charge is 0.330 e. The number of thiazole rings is 1. The van der Waals surface area contributed by atoms with Gasteiger partial charge in [0.1, 0.15) is 5.01 Å². The van der Waals surface area contributed by atoms with Gasteiger partial charge in [-0.25, -0.2) is 4.98 Å². The average Bonchev–Trinajstić information content (AvgIpc) is 2.80. The second-order valence-corrected chi connectivity index (χ2v) is 5.24. The number of hydrogen-bond donors (Lipinski definition) is 1. The van der Waals surface area contributed by atoms with Crippen molar-refractivity contribution in [2.45, 2.75) is 19.8 Å². The maximum absolute atomic E-state index is 5.80. The van der Waals surface area contributed by atoms with Gasteiger partial charge < -0.3 is 5.73 Å². The molecule has 0 bridgehead atoms. The first kappa shape index (κ1) is 12.2. The maximum Gasteiger partial charge on any atom is 0.142 e. The highest BCUT2D eigenvalue weighted by Crippen LogP contribution is 2.28. The summed E-state index contributed by atoms with van der Waals surface area (Å²) in [6.45, 7) is 5.00. The van der Waals surface area contributed by atoms with E-state index >= 15 is 0 Å². The van der Waals surface area contributed by atoms with E-state index in [1.807, 2.05) is 18.2 Å². The Bertz CT molecular complexity index is 465. The van der Waals surface area contributed by atoms with Crippen molar-refractivity contribution in [2.24, 2.45) is 11.7 Å². The molecule has 0 aromatic carbocycles. The Balaban J connectivity index is 2.27. The van der Waals surface area contributed by atoms with Crippen LogP contribution in [-0.4, -0.2) is 16.5 Å². The van der Waals surface area contributed by atoms with Crippen molar-refractivity contribution in [3.05, 3.63) is 35.5 Å². The summed E-state index contributed by atoms with van der Waals surface area (Å²) < 4.78 is 0. The van der Waals surface area contributed by atoms with Gasteiger partial charge in [-0.15, -0.1) is 11.3 Å². The molecule has 1 unspecified atom stereocenters. The van der Waals surface area contributed by atoms with Crippen LogP contribution in [0.25, 0.3) is 10.7 Å². The summed E-state index contributed by atoms with van der Waals surface area (Å²) >= 11 is 1.63. The van der Waals surface area contributed by atoms with E-state index in [-0.39, 0.29) is 0 Å². The van der Waals surface area contributed by atoms with Gasteiger partial charge in [-0.05, 0) is 18.1 Å². The van der Waals surface area contributed by atoms with Crippen molar-refractivity contribution in [3.8, 4) is 10.7 Å². The van der Waals surface area contributed by atoms with Gasteiger partial charge in [0.2, 0.25) is 0 Å². The number of nitrogens with two attached hydrogens (primary N) is 1. The third kappa shape index (κ3) is 2.70. The normalized spacial score (nSPS) is 12.9. The number of aromatic nitrogens is 2. The summed E-state index contributed by atoms with van der Waals surface area (Å²) in [5, 5.41) is 3.07. The summed E-state index contributed by atoms with van der Waals surface area (Å²) in [5.41, 5.74) is 7.83. The molecule has 3 nitrogen and oxygen atoms in total. The molecule has 2 aromatic heterocycles. The van der Waals surface area contributed by atoms with Gasteiger partial charge in [-0.2, -0.15) is 0 Å². The Morgan fingerprint density at radius 2 is 2.18 bits per heavy atom. The second-order valence-electron chi connectivity index (χ2n) is 4.38. The molecule has 0 radical (unpaired) electrons. The SMILES string of the molecule is CC(C)C(CN)c1csc(-c2ccccn2)n1. The first-order valence-corrected chi connectivity index (χ1v) is 6.67. The van der Waals surface area contributed by atoms with E-state index < -0.39 is 0 Å². The van der Waals surface area contributed by atoms with Gasteiger partial charge in [0.25, 0.3) is 0 Å². The molecule has 2 N–H and O–H groups in total.